The van der Waals surface area contributed by atoms with Gasteiger partial charge in [0.05, 0.1) is 17.9 Å². The molecule has 3 N–H and O–H groups in total. The second kappa shape index (κ2) is 8.06. The maximum atomic E-state index is 11.8. The van der Waals surface area contributed by atoms with Gasteiger partial charge in [-0.05, 0) is 48.9 Å². The van der Waals surface area contributed by atoms with E-state index in [2.05, 4.69) is 9.71 Å². The van der Waals surface area contributed by atoms with Gasteiger partial charge in [0.15, 0.2) is 5.69 Å². The van der Waals surface area contributed by atoms with Crippen LogP contribution in [0.3, 0.4) is 0 Å². The summed E-state index contributed by atoms with van der Waals surface area (Å²) in [5, 5.41) is 2.03. The van der Waals surface area contributed by atoms with Crippen molar-refractivity contribution in [1.29, 1.82) is 0 Å². The summed E-state index contributed by atoms with van der Waals surface area (Å²) in [6, 6.07) is 23.0. The predicted octanol–water partition coefficient (Wildman–Crippen LogP) is 3.72. The first-order valence-electron chi connectivity index (χ1n) is 9.39. The van der Waals surface area contributed by atoms with Gasteiger partial charge in [-0.2, -0.15) is 4.99 Å². The average molecular weight is 409 g/mol. The highest BCUT2D eigenvalue weighted by molar-refractivity contribution is 7.92. The van der Waals surface area contributed by atoms with E-state index in [4.69, 9.17) is 4.74 Å². The van der Waals surface area contributed by atoms with Crippen LogP contribution in [-0.2, 0) is 16.4 Å². The van der Waals surface area contributed by atoms with Crippen molar-refractivity contribution >= 4 is 32.9 Å². The molecule has 0 radical (unpaired) electrons. The monoisotopic (exact) mass is 408 g/mol. The van der Waals surface area contributed by atoms with Crippen molar-refractivity contribution in [3.8, 4) is 11.5 Å². The zero-order valence-electron chi connectivity index (χ0n) is 16.0. The number of hydrogen-bond acceptors (Lipinski definition) is 4. The highest BCUT2D eigenvalue weighted by Crippen LogP contribution is 2.29. The number of para-hydroxylation sites is 1. The number of quaternary nitrogens is 1. The van der Waals surface area contributed by atoms with Gasteiger partial charge in [0.2, 0.25) is 15.9 Å². The Kier molecular flexibility index (Phi) is 5.33. The van der Waals surface area contributed by atoms with Gasteiger partial charge in [-0.25, -0.2) is 8.42 Å². The van der Waals surface area contributed by atoms with Crippen LogP contribution in [0.25, 0.3) is 0 Å². The van der Waals surface area contributed by atoms with Gasteiger partial charge in [-0.3, -0.25) is 10.0 Å². The third-order valence-electron chi connectivity index (χ3n) is 4.56. The fourth-order valence-electron chi connectivity index (χ4n) is 3.04. The van der Waals surface area contributed by atoms with Crippen LogP contribution in [0.15, 0.2) is 77.8 Å². The van der Waals surface area contributed by atoms with E-state index in [0.29, 0.717) is 12.1 Å². The highest BCUT2D eigenvalue weighted by Gasteiger charge is 2.21. The van der Waals surface area contributed by atoms with Gasteiger partial charge < -0.3 is 4.74 Å². The lowest BCUT2D eigenvalue weighted by Crippen LogP contribution is -2.81. The van der Waals surface area contributed by atoms with E-state index in [0.717, 1.165) is 34.3 Å². The Morgan fingerprint density at radius 1 is 0.966 bits per heavy atom. The smallest absolute Gasteiger partial charge is 0.232 e. The van der Waals surface area contributed by atoms with Gasteiger partial charge in [-0.15, -0.1) is 0 Å². The Labute approximate surface area is 170 Å². The molecule has 0 unspecified atom stereocenters. The van der Waals surface area contributed by atoms with Crippen molar-refractivity contribution in [3.63, 3.8) is 0 Å². The topological polar surface area (TPSA) is 84.4 Å². The van der Waals surface area contributed by atoms with Crippen LogP contribution in [-0.4, -0.2) is 20.0 Å². The molecule has 0 fully saturated rings. The molecule has 1 aliphatic rings. The number of nitrogens with one attached hydrogen (secondary N) is 1. The number of benzene rings is 3. The molecule has 0 atom stereocenters. The van der Waals surface area contributed by atoms with E-state index in [1.54, 1.807) is 19.1 Å². The first kappa shape index (κ1) is 19.2. The number of nitrogens with two attached hydrogens (primary N) is 1. The van der Waals surface area contributed by atoms with Crippen molar-refractivity contribution < 1.29 is 18.5 Å². The van der Waals surface area contributed by atoms with Crippen LogP contribution >= 0.6 is 0 Å². The SMILES string of the molecule is CCS(=O)(=O)Nc1ccc2c(c1)N=C(Cc1ccc(Oc3ccccc3)cc1)[NH2+]2. The van der Waals surface area contributed by atoms with Crippen LogP contribution in [0.5, 0.6) is 11.5 Å². The predicted molar refractivity (Wildman–Crippen MR) is 115 cm³/mol. The van der Waals surface area contributed by atoms with Gasteiger partial charge in [0.1, 0.15) is 17.2 Å². The molecule has 29 heavy (non-hydrogen) atoms. The number of aliphatic imine (C=N–C) groups is 1. The van der Waals surface area contributed by atoms with Crippen LogP contribution in [0.1, 0.15) is 12.5 Å². The third-order valence-corrected chi connectivity index (χ3v) is 5.86. The molecular formula is C22H22N3O3S+. The second-order valence-electron chi connectivity index (χ2n) is 6.76. The standard InChI is InChI=1S/C22H21N3O3S/c1-2-29(26,27)25-17-10-13-20-21(15-17)24-22(23-20)14-16-8-11-19(12-9-16)28-18-6-4-3-5-7-18/h3-13,15,25H,2,14H2,1H3,(H,23,24)/p+1. The molecule has 0 saturated heterocycles. The maximum absolute atomic E-state index is 11.8. The highest BCUT2D eigenvalue weighted by atomic mass is 32.2. The summed E-state index contributed by atoms with van der Waals surface area (Å²) in [6.45, 7) is 1.61. The molecule has 3 aromatic carbocycles. The van der Waals surface area contributed by atoms with E-state index < -0.39 is 10.0 Å². The number of sulfonamides is 1. The largest absolute Gasteiger partial charge is 0.457 e. The van der Waals surface area contributed by atoms with Gasteiger partial charge in [0.25, 0.3) is 0 Å². The van der Waals surface area contributed by atoms with E-state index in [-0.39, 0.29) is 5.75 Å². The van der Waals surface area contributed by atoms with E-state index in [9.17, 15) is 8.42 Å². The van der Waals surface area contributed by atoms with E-state index in [1.165, 1.54) is 0 Å². The molecule has 148 valence electrons. The Morgan fingerprint density at radius 2 is 1.69 bits per heavy atom. The Bertz CT molecular complexity index is 1140. The first-order chi connectivity index (χ1) is 14.0. The molecule has 0 spiro atoms. The molecule has 1 heterocycles. The number of nitrogens with zero attached hydrogens (tertiary/aromatic N) is 1. The molecule has 0 aliphatic carbocycles. The fourth-order valence-corrected chi connectivity index (χ4v) is 3.67. The second-order valence-corrected chi connectivity index (χ2v) is 8.77. The summed E-state index contributed by atoms with van der Waals surface area (Å²) in [6.07, 6.45) is 0.691. The number of anilines is 1. The van der Waals surface area contributed by atoms with Gasteiger partial charge >= 0.3 is 0 Å². The summed E-state index contributed by atoms with van der Waals surface area (Å²) in [5.41, 5.74) is 3.43. The minimum absolute atomic E-state index is 0.0364. The number of rotatable bonds is 7. The fraction of sp³-hybridized carbons (Fsp3) is 0.136. The minimum atomic E-state index is -3.30. The zero-order chi connectivity index (χ0) is 20.3. The minimum Gasteiger partial charge on any atom is -0.457 e. The molecule has 0 amide bonds. The summed E-state index contributed by atoms with van der Waals surface area (Å²) in [7, 11) is -3.30. The summed E-state index contributed by atoms with van der Waals surface area (Å²) < 4.78 is 31.9. The van der Waals surface area contributed by atoms with E-state index >= 15 is 0 Å². The molecule has 4 rings (SSSR count). The quantitative estimate of drug-likeness (QED) is 0.585. The van der Waals surface area contributed by atoms with Crippen LogP contribution in [0.2, 0.25) is 0 Å². The summed E-state index contributed by atoms with van der Waals surface area (Å²) >= 11 is 0. The third kappa shape index (κ3) is 4.82. The number of hydrogen-bond donors (Lipinski definition) is 2. The van der Waals surface area contributed by atoms with Crippen LogP contribution in [0, 0.1) is 0 Å². The van der Waals surface area contributed by atoms with Crippen molar-refractivity contribution in [1.82, 2.24) is 0 Å². The molecule has 0 bridgehead atoms. The lowest BCUT2D eigenvalue weighted by molar-refractivity contribution is -0.440. The molecule has 7 heteroatoms. The van der Waals surface area contributed by atoms with Crippen LogP contribution < -0.4 is 14.8 Å². The Morgan fingerprint density at radius 3 is 2.41 bits per heavy atom. The normalized spacial score (nSPS) is 12.9. The number of amidine groups is 1. The number of fused-ring (bicyclic) bond motifs is 1. The van der Waals surface area contributed by atoms with Crippen molar-refractivity contribution in [3.05, 3.63) is 78.4 Å². The van der Waals surface area contributed by atoms with Crippen molar-refractivity contribution in [2.75, 3.05) is 10.5 Å². The lowest BCUT2D eigenvalue weighted by Gasteiger charge is -2.06. The lowest BCUT2D eigenvalue weighted by atomic mass is 10.1. The van der Waals surface area contributed by atoms with Gasteiger partial charge in [-0.1, -0.05) is 30.3 Å². The Balaban J connectivity index is 1.42. The molecular weight excluding hydrogens is 386 g/mol. The maximum Gasteiger partial charge on any atom is 0.232 e. The zero-order valence-corrected chi connectivity index (χ0v) is 16.8. The number of ether oxygens (including phenoxy) is 1. The molecule has 6 nitrogen and oxygen atoms in total. The average Bonchev–Trinajstić information content (AvgIpc) is 3.11. The Hall–Kier alpha value is -3.16. The molecule has 3 aromatic rings. The molecule has 0 saturated carbocycles. The first-order valence-corrected chi connectivity index (χ1v) is 11.0. The summed E-state index contributed by atoms with van der Waals surface area (Å²) in [5.74, 6) is 2.56. The molecule has 1 aliphatic heterocycles. The van der Waals surface area contributed by atoms with Gasteiger partial charge in [0, 0.05) is 6.07 Å². The van der Waals surface area contributed by atoms with Crippen molar-refractivity contribution in [2.24, 2.45) is 4.99 Å². The molecule has 0 aromatic heterocycles. The van der Waals surface area contributed by atoms with Crippen LogP contribution in [0.4, 0.5) is 17.1 Å². The van der Waals surface area contributed by atoms with Crippen molar-refractivity contribution in [2.45, 2.75) is 13.3 Å². The summed E-state index contributed by atoms with van der Waals surface area (Å²) in [4.78, 5) is 4.65. The van der Waals surface area contributed by atoms with E-state index in [1.807, 2.05) is 66.0 Å².